The summed E-state index contributed by atoms with van der Waals surface area (Å²) in [4.78, 5) is 41.6. The Labute approximate surface area is 191 Å². The molecule has 0 amide bonds. The van der Waals surface area contributed by atoms with E-state index in [1.54, 1.807) is 6.92 Å². The van der Waals surface area contributed by atoms with E-state index in [0.717, 1.165) is 5.56 Å². The average Bonchev–Trinajstić information content (AvgIpc) is 3.09. The third kappa shape index (κ3) is 5.30. The van der Waals surface area contributed by atoms with Gasteiger partial charge in [-0.3, -0.25) is 9.59 Å². The largest absolute Gasteiger partial charge is 0.468 e. The zero-order valence-electron chi connectivity index (χ0n) is 17.9. The van der Waals surface area contributed by atoms with Crippen molar-refractivity contribution in [1.82, 2.24) is 0 Å². The number of ether oxygens (including phenoxy) is 3. The topological polar surface area (TPSA) is 91.3 Å². The molecular weight excluding hydrogens is 442 g/mol. The average molecular weight is 468 g/mol. The molecule has 0 aromatic heterocycles. The number of thioether (sulfide) groups is 1. The van der Waals surface area contributed by atoms with Crippen molar-refractivity contribution >= 4 is 52.0 Å². The Morgan fingerprint density at radius 3 is 2.39 bits per heavy atom. The lowest BCUT2D eigenvalue weighted by Gasteiger charge is -2.36. The lowest BCUT2D eigenvalue weighted by Crippen LogP contribution is -2.45. The number of fused-ring (bicyclic) bond motifs is 1. The number of carbonyl (C=O) groups is 3. The van der Waals surface area contributed by atoms with Crippen LogP contribution in [0.3, 0.4) is 0 Å². The molecule has 1 aromatic rings. The fourth-order valence-corrected chi connectivity index (χ4v) is 5.00. The number of alkyl halides is 1. The van der Waals surface area contributed by atoms with Crippen molar-refractivity contribution in [1.29, 1.82) is 0 Å². The van der Waals surface area contributed by atoms with Crippen molar-refractivity contribution in [3.8, 4) is 0 Å². The minimum atomic E-state index is -1.22. The highest BCUT2D eigenvalue weighted by atomic mass is 35.5. The molecule has 2 rings (SSSR count). The summed E-state index contributed by atoms with van der Waals surface area (Å²) in [5.74, 6) is -2.51. The maximum atomic E-state index is 12.5. The van der Waals surface area contributed by atoms with Crippen molar-refractivity contribution in [2.45, 2.75) is 31.1 Å². The van der Waals surface area contributed by atoms with E-state index in [0.29, 0.717) is 16.5 Å². The summed E-state index contributed by atoms with van der Waals surface area (Å²) in [5.41, 5.74) is 0.411. The third-order valence-corrected chi connectivity index (χ3v) is 6.46. The maximum absolute atomic E-state index is 12.5. The van der Waals surface area contributed by atoms with Crippen molar-refractivity contribution in [2.75, 3.05) is 26.6 Å². The number of allylic oxidation sites excluding steroid dienone is 1. The molecule has 0 fully saturated rings. The van der Waals surface area contributed by atoms with Gasteiger partial charge in [-0.25, -0.2) is 9.79 Å². The van der Waals surface area contributed by atoms with E-state index in [9.17, 15) is 14.4 Å². The van der Waals surface area contributed by atoms with E-state index in [2.05, 4.69) is 0 Å². The van der Waals surface area contributed by atoms with E-state index >= 15 is 0 Å². The number of carbonyl (C=O) groups excluding carboxylic acids is 3. The van der Waals surface area contributed by atoms with E-state index in [4.69, 9.17) is 30.8 Å². The van der Waals surface area contributed by atoms with Gasteiger partial charge in [0.25, 0.3) is 0 Å². The van der Waals surface area contributed by atoms with Gasteiger partial charge in [0.2, 0.25) is 0 Å². The number of para-hydroxylation sites is 1. The number of halogens is 1. The Morgan fingerprint density at radius 2 is 1.81 bits per heavy atom. The molecule has 1 aromatic carbocycles. The second kappa shape index (κ2) is 11.3. The summed E-state index contributed by atoms with van der Waals surface area (Å²) in [7, 11) is 2.42. The molecule has 31 heavy (non-hydrogen) atoms. The van der Waals surface area contributed by atoms with Gasteiger partial charge in [0.05, 0.1) is 42.3 Å². The van der Waals surface area contributed by atoms with Crippen LogP contribution in [0.15, 0.2) is 41.4 Å². The summed E-state index contributed by atoms with van der Waals surface area (Å²) < 4.78 is 14.7. The van der Waals surface area contributed by atoms with Crippen LogP contribution in [0.2, 0.25) is 0 Å². The minimum Gasteiger partial charge on any atom is -0.468 e. The smallest absolute Gasteiger partial charge is 0.330 e. The van der Waals surface area contributed by atoms with Crippen molar-refractivity contribution in [2.24, 2.45) is 10.9 Å². The summed E-state index contributed by atoms with van der Waals surface area (Å²) in [6.45, 7) is 3.91. The molecule has 0 radical (unpaired) electrons. The molecule has 0 aliphatic carbocycles. The van der Waals surface area contributed by atoms with Crippen LogP contribution in [0.4, 0.5) is 5.69 Å². The van der Waals surface area contributed by atoms with Crippen LogP contribution in [0.1, 0.15) is 25.8 Å². The summed E-state index contributed by atoms with van der Waals surface area (Å²) >= 11 is 8.36. The third-order valence-electron chi connectivity index (χ3n) is 4.93. The van der Waals surface area contributed by atoms with Crippen molar-refractivity contribution in [3.63, 3.8) is 0 Å². The van der Waals surface area contributed by atoms with Gasteiger partial charge in [-0.1, -0.05) is 31.2 Å². The minimum absolute atomic E-state index is 0.0312. The van der Waals surface area contributed by atoms with Crippen LogP contribution in [0, 0.1) is 5.92 Å². The first-order valence-electron chi connectivity index (χ1n) is 9.81. The molecule has 0 unspecified atom stereocenters. The maximum Gasteiger partial charge on any atom is 0.330 e. The van der Waals surface area contributed by atoms with Gasteiger partial charge >= 0.3 is 17.9 Å². The van der Waals surface area contributed by atoms with Gasteiger partial charge in [0.15, 0.2) is 5.92 Å². The van der Waals surface area contributed by atoms with Gasteiger partial charge < -0.3 is 14.2 Å². The van der Waals surface area contributed by atoms with Gasteiger partial charge in [-0.2, -0.15) is 0 Å². The summed E-state index contributed by atoms with van der Waals surface area (Å²) in [6, 6.07) is 7.40. The predicted octanol–water partition coefficient (Wildman–Crippen LogP) is 3.80. The zero-order chi connectivity index (χ0) is 23.0. The predicted molar refractivity (Wildman–Crippen MR) is 121 cm³/mol. The standard InChI is InChI=1S/C22H26ClNO6S/c1-5-30-18(25)12-11-17(23)22(13-14(19(26)28-3)20(27)29-4)15-9-7-8-10-16(15)24-21(22)31-6-2/h7-12,14,17H,5-6,13H2,1-4H3/b12-11+/t17-,22+/m0/s1. The highest BCUT2D eigenvalue weighted by Gasteiger charge is 2.52. The Hall–Kier alpha value is -2.32. The Bertz CT molecular complexity index is 871. The molecular formula is C22H26ClNO6S. The molecule has 0 saturated heterocycles. The number of hydrogen-bond donors (Lipinski definition) is 0. The molecule has 0 saturated carbocycles. The first-order chi connectivity index (χ1) is 14.8. The Morgan fingerprint density at radius 1 is 1.16 bits per heavy atom. The normalized spacial score (nSPS) is 18.5. The second-order valence-electron chi connectivity index (χ2n) is 6.65. The molecule has 9 heteroatoms. The number of esters is 3. The molecule has 2 atom stereocenters. The van der Waals surface area contributed by atoms with Crippen molar-refractivity contribution in [3.05, 3.63) is 42.0 Å². The molecule has 7 nitrogen and oxygen atoms in total. The van der Waals surface area contributed by atoms with Crippen molar-refractivity contribution < 1.29 is 28.6 Å². The highest BCUT2D eigenvalue weighted by molar-refractivity contribution is 8.14. The van der Waals surface area contributed by atoms with Crippen LogP contribution < -0.4 is 0 Å². The lowest BCUT2D eigenvalue weighted by molar-refractivity contribution is -0.159. The number of hydrogen-bond acceptors (Lipinski definition) is 8. The van der Waals surface area contributed by atoms with E-state index in [1.165, 1.54) is 38.1 Å². The van der Waals surface area contributed by atoms with Crippen LogP contribution >= 0.6 is 23.4 Å². The second-order valence-corrected chi connectivity index (χ2v) is 8.38. The number of aliphatic imine (C=N–C) groups is 1. The molecule has 0 bridgehead atoms. The molecule has 1 aliphatic rings. The lowest BCUT2D eigenvalue weighted by atomic mass is 9.72. The van der Waals surface area contributed by atoms with Gasteiger partial charge in [0, 0.05) is 6.08 Å². The summed E-state index contributed by atoms with van der Waals surface area (Å²) in [6.07, 6.45) is 2.74. The summed E-state index contributed by atoms with van der Waals surface area (Å²) in [5, 5.41) is -0.155. The quantitative estimate of drug-likeness (QED) is 0.179. The van der Waals surface area contributed by atoms with E-state index < -0.39 is 34.6 Å². The molecule has 0 spiro atoms. The number of rotatable bonds is 9. The first-order valence-corrected chi connectivity index (χ1v) is 11.2. The number of methoxy groups -OCH3 is 2. The van der Waals surface area contributed by atoms with E-state index in [-0.39, 0.29) is 13.0 Å². The van der Waals surface area contributed by atoms with E-state index in [1.807, 2.05) is 31.2 Å². The van der Waals surface area contributed by atoms with Gasteiger partial charge in [0.1, 0.15) is 0 Å². The zero-order valence-corrected chi connectivity index (χ0v) is 19.5. The molecule has 0 N–H and O–H groups in total. The van der Waals surface area contributed by atoms with Gasteiger partial charge in [-0.05, 0) is 30.7 Å². The van der Waals surface area contributed by atoms with Crippen LogP contribution in [-0.2, 0) is 34.0 Å². The van der Waals surface area contributed by atoms with Crippen LogP contribution in [-0.4, -0.2) is 54.9 Å². The monoisotopic (exact) mass is 467 g/mol. The Kier molecular flexibility index (Phi) is 9.13. The fourth-order valence-electron chi connectivity index (χ4n) is 3.53. The van der Waals surface area contributed by atoms with Crippen LogP contribution in [0.5, 0.6) is 0 Å². The van der Waals surface area contributed by atoms with Gasteiger partial charge in [-0.15, -0.1) is 23.4 Å². The highest BCUT2D eigenvalue weighted by Crippen LogP contribution is 2.51. The molecule has 168 valence electrons. The Balaban J connectivity index is 2.64. The fraction of sp³-hybridized carbons (Fsp3) is 0.455. The van der Waals surface area contributed by atoms with Crippen LogP contribution in [0.25, 0.3) is 0 Å². The number of benzene rings is 1. The first kappa shape index (κ1) is 24.9. The number of nitrogens with zero attached hydrogens (tertiary/aromatic N) is 1. The molecule has 1 heterocycles. The SMILES string of the molecule is CCOC(=O)/C=C/[C@H](Cl)[C@]1(CC(C(=O)OC)C(=O)OC)C(SCC)=Nc2ccccc21. The molecule has 1 aliphatic heterocycles.